The molecule has 1 atom stereocenters. The Morgan fingerprint density at radius 2 is 1.94 bits per heavy atom. The second-order valence-corrected chi connectivity index (χ2v) is 4.76. The van der Waals surface area contributed by atoms with Crippen molar-refractivity contribution < 1.29 is 19.4 Å². The van der Waals surface area contributed by atoms with Gasteiger partial charge in [-0.15, -0.1) is 0 Å². The smallest absolute Gasteiger partial charge is 0.429 e. The lowest BCUT2D eigenvalue weighted by Crippen LogP contribution is -2.24. The maximum atomic E-state index is 11.1. The molecule has 92 valence electrons. The third-order valence-corrected chi connectivity index (χ3v) is 1.53. The summed E-state index contributed by atoms with van der Waals surface area (Å²) in [4.78, 5) is 11.1. The van der Waals surface area contributed by atoms with E-state index in [-0.39, 0.29) is 12.5 Å². The van der Waals surface area contributed by atoms with Gasteiger partial charge in [0.05, 0.1) is 0 Å². The van der Waals surface area contributed by atoms with Gasteiger partial charge in [-0.1, -0.05) is 25.7 Å². The van der Waals surface area contributed by atoms with Gasteiger partial charge in [-0.2, -0.15) is 0 Å². The molecule has 0 amide bonds. The molecule has 0 fully saturated rings. The first-order chi connectivity index (χ1) is 7.22. The lowest BCUT2D eigenvalue weighted by molar-refractivity contribution is -0.00168. The van der Waals surface area contributed by atoms with Crippen LogP contribution in [0.1, 0.15) is 34.6 Å². The van der Waals surface area contributed by atoms with Crippen LogP contribution in [-0.4, -0.2) is 29.6 Å². The molecule has 0 aromatic heterocycles. The normalized spacial score (nSPS) is 12.7. The highest BCUT2D eigenvalue weighted by molar-refractivity contribution is 5.60. The topological polar surface area (TPSA) is 55.8 Å². The minimum atomic E-state index is -0.749. The van der Waals surface area contributed by atoms with Gasteiger partial charge < -0.3 is 14.6 Å². The fraction of sp³-hybridized carbons (Fsp3) is 0.750. The molecule has 4 nitrogen and oxygen atoms in total. The van der Waals surface area contributed by atoms with Crippen molar-refractivity contribution in [3.63, 3.8) is 0 Å². The van der Waals surface area contributed by atoms with Crippen LogP contribution in [0.15, 0.2) is 0 Å². The Morgan fingerprint density at radius 1 is 1.38 bits per heavy atom. The summed E-state index contributed by atoms with van der Waals surface area (Å²) in [6.07, 6.45) is -1.44. The molecule has 0 rings (SSSR count). The van der Waals surface area contributed by atoms with E-state index in [9.17, 15) is 9.90 Å². The van der Waals surface area contributed by atoms with Crippen LogP contribution in [-0.2, 0) is 9.47 Å². The molecule has 0 unspecified atom stereocenters. The predicted molar refractivity (Wildman–Crippen MR) is 60.8 cm³/mol. The quantitative estimate of drug-likeness (QED) is 0.580. The summed E-state index contributed by atoms with van der Waals surface area (Å²) in [7, 11) is 0. The molecule has 0 saturated carbocycles. The minimum absolute atomic E-state index is 0.0639. The molecule has 0 aromatic rings. The van der Waals surface area contributed by atoms with Gasteiger partial charge in [0.1, 0.15) is 11.7 Å². The van der Waals surface area contributed by atoms with Crippen molar-refractivity contribution in [2.75, 3.05) is 6.61 Å². The van der Waals surface area contributed by atoms with Crippen LogP contribution in [0.5, 0.6) is 0 Å². The fourth-order valence-corrected chi connectivity index (χ4v) is 0.687. The van der Waals surface area contributed by atoms with Crippen molar-refractivity contribution in [1.29, 1.82) is 0 Å². The number of aliphatic hydroxyl groups excluding tert-OH is 1. The average Bonchev–Trinajstić information content (AvgIpc) is 2.08. The second-order valence-electron chi connectivity index (χ2n) is 4.76. The molecule has 0 bridgehead atoms. The predicted octanol–water partition coefficient (Wildman–Crippen LogP) is 1.96. The molecule has 0 radical (unpaired) electrons. The van der Waals surface area contributed by atoms with Gasteiger partial charge in [0.25, 0.3) is 0 Å². The highest BCUT2D eigenvalue weighted by atomic mass is 16.7. The molecule has 0 saturated heterocycles. The summed E-state index contributed by atoms with van der Waals surface area (Å²) in [5.41, 5.74) is -0.568. The summed E-state index contributed by atoms with van der Waals surface area (Å²) in [5.74, 6) is 5.20. The molecule has 16 heavy (non-hydrogen) atoms. The lowest BCUT2D eigenvalue weighted by atomic mass is 10.1. The number of hydrogen-bond donors (Lipinski definition) is 1. The fourth-order valence-electron chi connectivity index (χ4n) is 0.687. The zero-order valence-corrected chi connectivity index (χ0v) is 10.5. The number of aliphatic hydroxyl groups is 1. The Labute approximate surface area is 96.9 Å². The van der Waals surface area contributed by atoms with Crippen LogP contribution in [0.2, 0.25) is 0 Å². The maximum absolute atomic E-state index is 11.1. The van der Waals surface area contributed by atoms with Crippen molar-refractivity contribution in [1.82, 2.24) is 0 Å². The van der Waals surface area contributed by atoms with E-state index >= 15 is 0 Å². The largest absolute Gasteiger partial charge is 0.509 e. The Morgan fingerprint density at radius 3 is 2.38 bits per heavy atom. The van der Waals surface area contributed by atoms with Crippen LogP contribution >= 0.6 is 0 Å². The van der Waals surface area contributed by atoms with E-state index in [0.717, 1.165) is 0 Å². The third kappa shape index (κ3) is 8.13. The van der Waals surface area contributed by atoms with Crippen molar-refractivity contribution >= 4 is 6.16 Å². The number of ether oxygens (including phenoxy) is 2. The third-order valence-electron chi connectivity index (χ3n) is 1.53. The van der Waals surface area contributed by atoms with Gasteiger partial charge in [-0.05, 0) is 26.7 Å². The number of carbonyl (C=O) groups is 1. The van der Waals surface area contributed by atoms with Crippen LogP contribution in [0.25, 0.3) is 0 Å². The highest BCUT2D eigenvalue weighted by Crippen LogP contribution is 2.07. The first-order valence-corrected chi connectivity index (χ1v) is 5.24. The molecular weight excluding hydrogens is 208 g/mol. The zero-order chi connectivity index (χ0) is 12.8. The molecule has 0 aromatic carbocycles. The van der Waals surface area contributed by atoms with E-state index in [4.69, 9.17) is 9.47 Å². The Bertz CT molecular complexity index is 278. The number of carbonyl (C=O) groups excluding carboxylic acids is 1. The van der Waals surface area contributed by atoms with E-state index in [1.165, 1.54) is 0 Å². The van der Waals surface area contributed by atoms with E-state index in [1.54, 1.807) is 20.8 Å². The minimum Gasteiger partial charge on any atom is -0.429 e. The molecule has 0 spiro atoms. The molecule has 0 aliphatic rings. The summed E-state index contributed by atoms with van der Waals surface area (Å²) in [6, 6.07) is 0. The average molecular weight is 228 g/mol. The maximum Gasteiger partial charge on any atom is 0.509 e. The molecule has 4 heteroatoms. The molecule has 0 aliphatic heterocycles. The monoisotopic (exact) mass is 228 g/mol. The first kappa shape index (κ1) is 14.8. The van der Waals surface area contributed by atoms with Crippen molar-refractivity contribution in [2.24, 2.45) is 5.92 Å². The molecular formula is C12H20O4. The summed E-state index contributed by atoms with van der Waals surface area (Å²) < 4.78 is 9.60. The molecule has 0 heterocycles. The first-order valence-electron chi connectivity index (χ1n) is 5.24. The summed E-state index contributed by atoms with van der Waals surface area (Å²) in [5, 5.41) is 9.33. The van der Waals surface area contributed by atoms with Gasteiger partial charge in [0, 0.05) is 0 Å². The number of rotatable bonds is 2. The SMILES string of the molecule is CC(C)[C@H](O)C#CCOC(=O)OC(C)(C)C. The Hall–Kier alpha value is -1.21. The van der Waals surface area contributed by atoms with Crippen LogP contribution < -0.4 is 0 Å². The van der Waals surface area contributed by atoms with E-state index in [2.05, 4.69) is 11.8 Å². The van der Waals surface area contributed by atoms with Crippen LogP contribution in [0.4, 0.5) is 4.79 Å². The zero-order valence-electron chi connectivity index (χ0n) is 10.5. The van der Waals surface area contributed by atoms with Gasteiger partial charge in [-0.25, -0.2) is 4.79 Å². The summed E-state index contributed by atoms with van der Waals surface area (Å²) in [6.45, 7) is 8.90. The molecule has 1 N–H and O–H groups in total. The Balaban J connectivity index is 3.86. The van der Waals surface area contributed by atoms with Gasteiger partial charge in [0.2, 0.25) is 0 Å². The van der Waals surface area contributed by atoms with Crippen molar-refractivity contribution in [3.05, 3.63) is 0 Å². The van der Waals surface area contributed by atoms with Gasteiger partial charge in [-0.3, -0.25) is 0 Å². The van der Waals surface area contributed by atoms with E-state index < -0.39 is 17.9 Å². The van der Waals surface area contributed by atoms with Crippen molar-refractivity contribution in [2.45, 2.75) is 46.3 Å². The standard InChI is InChI=1S/C12H20O4/c1-9(2)10(13)7-6-8-15-11(14)16-12(3,4)5/h9-10,13H,8H2,1-5H3/t10-/m1/s1. The van der Waals surface area contributed by atoms with E-state index in [1.807, 2.05) is 13.8 Å². The second kappa shape index (κ2) is 6.39. The summed E-state index contributed by atoms with van der Waals surface area (Å²) >= 11 is 0. The number of hydrogen-bond acceptors (Lipinski definition) is 4. The molecule has 0 aliphatic carbocycles. The highest BCUT2D eigenvalue weighted by Gasteiger charge is 2.16. The van der Waals surface area contributed by atoms with Crippen molar-refractivity contribution in [3.8, 4) is 11.8 Å². The lowest BCUT2D eigenvalue weighted by Gasteiger charge is -2.18. The van der Waals surface area contributed by atoms with Crippen LogP contribution in [0.3, 0.4) is 0 Å². The van der Waals surface area contributed by atoms with Gasteiger partial charge >= 0.3 is 6.16 Å². The van der Waals surface area contributed by atoms with Gasteiger partial charge in [0.15, 0.2) is 6.61 Å². The van der Waals surface area contributed by atoms with E-state index in [0.29, 0.717) is 0 Å². The Kier molecular flexibility index (Phi) is 5.91. The van der Waals surface area contributed by atoms with Crippen LogP contribution in [0, 0.1) is 17.8 Å².